The summed E-state index contributed by atoms with van der Waals surface area (Å²) in [6, 6.07) is 12.5. The number of rotatable bonds is 3. The number of carbonyl (C=O) groups excluding carboxylic acids is 1. The van der Waals surface area contributed by atoms with Gasteiger partial charge in [0.2, 0.25) is 0 Å². The Morgan fingerprint density at radius 2 is 2.00 bits per heavy atom. The van der Waals surface area contributed by atoms with Crippen LogP contribution in [0.25, 0.3) is 20.4 Å². The van der Waals surface area contributed by atoms with E-state index < -0.39 is 0 Å². The summed E-state index contributed by atoms with van der Waals surface area (Å²) in [4.78, 5) is 17.5. The molecule has 3 aromatic heterocycles. The monoisotopic (exact) mass is 367 g/mol. The van der Waals surface area contributed by atoms with Crippen LogP contribution in [0, 0.1) is 0 Å². The second kappa shape index (κ2) is 5.97. The van der Waals surface area contributed by atoms with Crippen LogP contribution in [0.2, 0.25) is 0 Å². The summed E-state index contributed by atoms with van der Waals surface area (Å²) in [6.07, 6.45) is 4.79. The molecule has 0 saturated heterocycles. The van der Waals surface area contributed by atoms with E-state index in [1.54, 1.807) is 11.3 Å². The Bertz CT molecular complexity index is 1040. The van der Waals surface area contributed by atoms with Gasteiger partial charge in [-0.1, -0.05) is 36.3 Å². The van der Waals surface area contributed by atoms with Crippen LogP contribution in [-0.2, 0) is 0 Å². The molecule has 1 N–H and O–H groups in total. The lowest BCUT2D eigenvalue weighted by molar-refractivity contribution is 0.101. The van der Waals surface area contributed by atoms with Gasteiger partial charge >= 0.3 is 0 Å². The molecule has 126 valence electrons. The lowest BCUT2D eigenvalue weighted by Crippen LogP contribution is -2.19. The molecule has 1 aliphatic carbocycles. The fraction of sp³-hybridized carbons (Fsp3) is 0.263. The summed E-state index contributed by atoms with van der Waals surface area (Å²) < 4.78 is 4.52. The highest BCUT2D eigenvalue weighted by atomic mass is 32.1. The topological polar surface area (TPSA) is 46.9 Å². The zero-order valence-electron chi connectivity index (χ0n) is 13.6. The van der Waals surface area contributed by atoms with Gasteiger partial charge in [-0.3, -0.25) is 10.1 Å². The minimum Gasteiger partial charge on any atom is -0.333 e. The van der Waals surface area contributed by atoms with E-state index >= 15 is 0 Å². The SMILES string of the molecule is O=C(Nc1nc2ccccc2s1)c1cc2sccc2n1C1CCCC1. The van der Waals surface area contributed by atoms with Crippen LogP contribution < -0.4 is 5.32 Å². The van der Waals surface area contributed by atoms with Crippen molar-refractivity contribution in [1.29, 1.82) is 0 Å². The Kier molecular flexibility index (Phi) is 3.60. The van der Waals surface area contributed by atoms with Crippen molar-refractivity contribution in [3.8, 4) is 0 Å². The van der Waals surface area contributed by atoms with Gasteiger partial charge in [0.15, 0.2) is 5.13 Å². The van der Waals surface area contributed by atoms with Crippen LogP contribution in [0.1, 0.15) is 42.2 Å². The molecule has 25 heavy (non-hydrogen) atoms. The Morgan fingerprint density at radius 1 is 1.16 bits per heavy atom. The first-order chi connectivity index (χ1) is 12.3. The fourth-order valence-corrected chi connectivity index (χ4v) is 5.43. The van der Waals surface area contributed by atoms with Gasteiger partial charge in [0.1, 0.15) is 5.69 Å². The van der Waals surface area contributed by atoms with Crippen molar-refractivity contribution in [2.24, 2.45) is 0 Å². The molecule has 1 aromatic carbocycles. The van der Waals surface area contributed by atoms with Crippen LogP contribution in [0.3, 0.4) is 0 Å². The quantitative estimate of drug-likeness (QED) is 0.506. The van der Waals surface area contributed by atoms with Gasteiger partial charge in [-0.2, -0.15) is 0 Å². The number of fused-ring (bicyclic) bond motifs is 2. The molecule has 5 rings (SSSR count). The van der Waals surface area contributed by atoms with Gasteiger partial charge in [-0.25, -0.2) is 4.98 Å². The molecule has 0 unspecified atom stereocenters. The van der Waals surface area contributed by atoms with Crippen LogP contribution in [0.4, 0.5) is 5.13 Å². The smallest absolute Gasteiger partial charge is 0.274 e. The lowest BCUT2D eigenvalue weighted by atomic mass is 10.2. The predicted molar refractivity (Wildman–Crippen MR) is 105 cm³/mol. The van der Waals surface area contributed by atoms with Gasteiger partial charge < -0.3 is 4.57 Å². The third-order valence-electron chi connectivity index (χ3n) is 4.90. The van der Waals surface area contributed by atoms with Crippen molar-refractivity contribution >= 4 is 54.1 Å². The van der Waals surface area contributed by atoms with E-state index in [-0.39, 0.29) is 5.91 Å². The minimum atomic E-state index is -0.0608. The highest BCUT2D eigenvalue weighted by Crippen LogP contribution is 2.37. The summed E-state index contributed by atoms with van der Waals surface area (Å²) in [7, 11) is 0. The van der Waals surface area contributed by atoms with Gasteiger partial charge in [0.25, 0.3) is 5.91 Å². The van der Waals surface area contributed by atoms with Gasteiger partial charge in [-0.15, -0.1) is 11.3 Å². The fourth-order valence-electron chi connectivity index (χ4n) is 3.76. The van der Waals surface area contributed by atoms with E-state index in [4.69, 9.17) is 0 Å². The Hall–Kier alpha value is -2.18. The van der Waals surface area contributed by atoms with Crippen molar-refractivity contribution in [3.63, 3.8) is 0 Å². The summed E-state index contributed by atoms with van der Waals surface area (Å²) in [5.74, 6) is -0.0608. The number of thiazole rings is 1. The second-order valence-corrected chi connectivity index (χ2v) is 8.43. The predicted octanol–water partition coefficient (Wildman–Crippen LogP) is 5.68. The molecule has 1 fully saturated rings. The van der Waals surface area contributed by atoms with E-state index in [0.717, 1.165) is 28.8 Å². The van der Waals surface area contributed by atoms with Gasteiger partial charge in [-0.05, 0) is 42.5 Å². The number of amides is 1. The summed E-state index contributed by atoms with van der Waals surface area (Å²) in [5.41, 5.74) is 2.87. The van der Waals surface area contributed by atoms with Crippen molar-refractivity contribution in [1.82, 2.24) is 9.55 Å². The third kappa shape index (κ3) is 2.56. The molecule has 4 nitrogen and oxygen atoms in total. The molecular weight excluding hydrogens is 350 g/mol. The molecular formula is C19H17N3OS2. The summed E-state index contributed by atoms with van der Waals surface area (Å²) in [6.45, 7) is 0. The highest BCUT2D eigenvalue weighted by Gasteiger charge is 2.25. The molecule has 0 spiro atoms. The number of hydrogen-bond donors (Lipinski definition) is 1. The average molecular weight is 367 g/mol. The van der Waals surface area contributed by atoms with Crippen molar-refractivity contribution in [2.75, 3.05) is 5.32 Å². The highest BCUT2D eigenvalue weighted by molar-refractivity contribution is 7.22. The van der Waals surface area contributed by atoms with Gasteiger partial charge in [0.05, 0.1) is 20.4 Å². The van der Waals surface area contributed by atoms with Gasteiger partial charge in [0, 0.05) is 6.04 Å². The van der Waals surface area contributed by atoms with Crippen molar-refractivity contribution < 1.29 is 4.79 Å². The normalized spacial score (nSPS) is 15.4. The first-order valence-electron chi connectivity index (χ1n) is 8.55. The van der Waals surface area contributed by atoms with E-state index in [1.165, 1.54) is 34.4 Å². The number of nitrogens with zero attached hydrogens (tertiary/aromatic N) is 2. The molecule has 0 radical (unpaired) electrons. The number of thiophene rings is 1. The average Bonchev–Trinajstić information content (AvgIpc) is 3.36. The Labute approximate surface area is 153 Å². The molecule has 1 aliphatic rings. The maximum atomic E-state index is 13.0. The number of nitrogens with one attached hydrogen (secondary N) is 1. The number of hydrogen-bond acceptors (Lipinski definition) is 4. The van der Waals surface area contributed by atoms with Crippen LogP contribution in [-0.4, -0.2) is 15.5 Å². The molecule has 0 bridgehead atoms. The maximum absolute atomic E-state index is 13.0. The van der Waals surface area contributed by atoms with E-state index in [2.05, 4.69) is 26.3 Å². The largest absolute Gasteiger partial charge is 0.333 e. The zero-order chi connectivity index (χ0) is 16.8. The molecule has 1 saturated carbocycles. The van der Waals surface area contributed by atoms with E-state index in [9.17, 15) is 4.79 Å². The molecule has 0 aliphatic heterocycles. The number of benzene rings is 1. The Morgan fingerprint density at radius 3 is 2.84 bits per heavy atom. The molecule has 0 atom stereocenters. The summed E-state index contributed by atoms with van der Waals surface area (Å²) >= 11 is 3.21. The van der Waals surface area contributed by atoms with Crippen LogP contribution in [0.15, 0.2) is 41.8 Å². The summed E-state index contributed by atoms with van der Waals surface area (Å²) in [5, 5.41) is 5.78. The Balaban J connectivity index is 1.52. The molecule has 6 heteroatoms. The standard InChI is InChI=1S/C19H17N3OS2/c23-18(21-19-20-13-7-3-4-8-16(13)25-19)15-11-17-14(9-10-24-17)22(15)12-5-1-2-6-12/h3-4,7-12H,1-2,5-6H2,(H,20,21,23). The number of aromatic nitrogens is 2. The van der Waals surface area contributed by atoms with Crippen LogP contribution in [0.5, 0.6) is 0 Å². The number of anilines is 1. The van der Waals surface area contributed by atoms with Crippen molar-refractivity contribution in [3.05, 3.63) is 47.5 Å². The first-order valence-corrected chi connectivity index (χ1v) is 10.2. The third-order valence-corrected chi connectivity index (χ3v) is 6.70. The van der Waals surface area contributed by atoms with E-state index in [1.807, 2.05) is 30.3 Å². The van der Waals surface area contributed by atoms with E-state index in [0.29, 0.717) is 11.2 Å². The maximum Gasteiger partial charge on any atom is 0.274 e. The molecule has 1 amide bonds. The zero-order valence-corrected chi connectivity index (χ0v) is 15.2. The minimum absolute atomic E-state index is 0.0608. The second-order valence-electron chi connectivity index (χ2n) is 6.45. The van der Waals surface area contributed by atoms with Crippen LogP contribution >= 0.6 is 22.7 Å². The first kappa shape index (κ1) is 15.1. The lowest BCUT2D eigenvalue weighted by Gasteiger charge is -2.16. The van der Waals surface area contributed by atoms with Crippen molar-refractivity contribution in [2.45, 2.75) is 31.7 Å². The number of para-hydroxylation sites is 1. The molecule has 4 aromatic rings. The number of carbonyl (C=O) groups is 1. The molecule has 3 heterocycles.